The summed E-state index contributed by atoms with van der Waals surface area (Å²) in [7, 11) is 0. The fourth-order valence-corrected chi connectivity index (χ4v) is 2.05. The minimum Gasteiger partial charge on any atom is -0.291 e. The minimum absolute atomic E-state index is 0.174. The summed E-state index contributed by atoms with van der Waals surface area (Å²) >= 11 is 3.08. The van der Waals surface area contributed by atoms with Crippen molar-refractivity contribution < 1.29 is 0 Å². The summed E-state index contributed by atoms with van der Waals surface area (Å²) in [6, 6.07) is 4.10. The molecule has 0 saturated heterocycles. The van der Waals surface area contributed by atoms with Gasteiger partial charge in [0.1, 0.15) is 0 Å². The number of rotatable bonds is 2. The van der Waals surface area contributed by atoms with E-state index in [0.717, 1.165) is 23.2 Å². The first-order chi connectivity index (χ1) is 6.97. The Morgan fingerprint density at radius 3 is 2.07 bits per heavy atom. The second-order valence-electron chi connectivity index (χ2n) is 3.54. The Morgan fingerprint density at radius 1 is 1.27 bits per heavy atom. The van der Waals surface area contributed by atoms with Crippen molar-refractivity contribution in [2.24, 2.45) is 0 Å². The first-order valence-electron chi connectivity index (χ1n) is 4.59. The third-order valence-corrected chi connectivity index (χ3v) is 2.60. The summed E-state index contributed by atoms with van der Waals surface area (Å²) in [4.78, 5) is 1.50. The molecule has 0 bridgehead atoms. The third-order valence-electron chi connectivity index (χ3n) is 2.22. The average Bonchev–Trinajstić information content (AvgIpc) is 2.09. The van der Waals surface area contributed by atoms with Crippen LogP contribution in [0.5, 0.6) is 0 Å². The zero-order valence-electron chi connectivity index (χ0n) is 9.06. The first-order valence-corrected chi connectivity index (χ1v) is 5.38. The minimum atomic E-state index is 0.174. The van der Waals surface area contributed by atoms with E-state index in [-0.39, 0.29) is 4.74 Å². The van der Waals surface area contributed by atoms with Gasteiger partial charge in [-0.25, -0.2) is 0 Å². The molecule has 1 aromatic rings. The van der Waals surface area contributed by atoms with Crippen LogP contribution < -0.4 is 4.90 Å². The first kappa shape index (κ1) is 11.9. The van der Waals surface area contributed by atoms with Gasteiger partial charge in [0.15, 0.2) is 4.74 Å². The highest BCUT2D eigenvalue weighted by molar-refractivity contribution is 9.18. The van der Waals surface area contributed by atoms with Gasteiger partial charge < -0.3 is 0 Å². The smallest absolute Gasteiger partial charge is 0.175 e. The van der Waals surface area contributed by atoms with E-state index in [4.69, 9.17) is 10.8 Å². The Kier molecular flexibility index (Phi) is 3.63. The van der Waals surface area contributed by atoms with E-state index in [9.17, 15) is 0 Å². The molecule has 3 nitrogen and oxygen atoms in total. The molecule has 0 aliphatic heterocycles. The number of amidine groups is 1. The van der Waals surface area contributed by atoms with Crippen LogP contribution in [0.3, 0.4) is 0 Å². The van der Waals surface area contributed by atoms with Gasteiger partial charge in [0, 0.05) is 0 Å². The molecule has 2 N–H and O–H groups in total. The molecule has 0 amide bonds. The van der Waals surface area contributed by atoms with Gasteiger partial charge in [0.25, 0.3) is 0 Å². The summed E-state index contributed by atoms with van der Waals surface area (Å²) in [6.07, 6.45) is 1.14. The van der Waals surface area contributed by atoms with E-state index in [1.54, 1.807) is 0 Å². The molecule has 0 aromatic heterocycles. The number of anilines is 1. The van der Waals surface area contributed by atoms with Gasteiger partial charge in [-0.3, -0.25) is 15.7 Å². The molecule has 0 radical (unpaired) electrons. The van der Waals surface area contributed by atoms with Crippen LogP contribution in [0.1, 0.15) is 16.7 Å². The van der Waals surface area contributed by atoms with Gasteiger partial charge in [0.05, 0.1) is 12.0 Å². The summed E-state index contributed by atoms with van der Waals surface area (Å²) in [5.74, 6) is 0. The van der Waals surface area contributed by atoms with Crippen LogP contribution >= 0.6 is 15.9 Å². The number of halogens is 1. The molecule has 1 rings (SSSR count). The van der Waals surface area contributed by atoms with E-state index in [0.29, 0.717) is 0 Å². The van der Waals surface area contributed by atoms with Gasteiger partial charge in [-0.2, -0.15) is 0 Å². The van der Waals surface area contributed by atoms with E-state index in [1.807, 2.05) is 20.8 Å². The molecule has 0 heterocycles. The predicted molar refractivity (Wildman–Crippen MR) is 68.6 cm³/mol. The van der Waals surface area contributed by atoms with Crippen LogP contribution in [-0.2, 0) is 0 Å². The Balaban J connectivity index is 3.35. The maximum absolute atomic E-state index is 7.53. The van der Waals surface area contributed by atoms with Crippen molar-refractivity contribution in [3.8, 4) is 0 Å². The van der Waals surface area contributed by atoms with Crippen molar-refractivity contribution in [3.05, 3.63) is 28.8 Å². The van der Waals surface area contributed by atoms with Crippen molar-refractivity contribution in [3.63, 3.8) is 0 Å². The lowest BCUT2D eigenvalue weighted by Crippen LogP contribution is -2.25. The monoisotopic (exact) mass is 267 g/mol. The van der Waals surface area contributed by atoms with Crippen LogP contribution in [0.2, 0.25) is 0 Å². The molecule has 0 fully saturated rings. The number of benzene rings is 1. The largest absolute Gasteiger partial charge is 0.291 e. The summed E-state index contributed by atoms with van der Waals surface area (Å²) in [6.45, 7) is 6.02. The zero-order chi connectivity index (χ0) is 11.6. The van der Waals surface area contributed by atoms with Gasteiger partial charge in [-0.1, -0.05) is 17.7 Å². The van der Waals surface area contributed by atoms with Crippen LogP contribution in [0.4, 0.5) is 5.69 Å². The summed E-state index contributed by atoms with van der Waals surface area (Å²) in [5, 5.41) is 14.8. The maximum Gasteiger partial charge on any atom is 0.175 e. The normalized spacial score (nSPS) is 9.87. The van der Waals surface area contributed by atoms with Gasteiger partial charge in [-0.15, -0.1) is 0 Å². The molecule has 0 unspecified atom stereocenters. The van der Waals surface area contributed by atoms with Crippen molar-refractivity contribution in [1.29, 1.82) is 10.8 Å². The second kappa shape index (κ2) is 4.57. The average molecular weight is 268 g/mol. The number of aryl methyl sites for hydroxylation is 3. The maximum atomic E-state index is 7.53. The molecular formula is C11H14BrN3. The molecule has 80 valence electrons. The standard InChI is InChI=1S/C11H14BrN3/c1-7-4-8(2)10(9(3)5-7)15(6-13)11(12)14/h4-6,13-14H,1-3H3. The van der Waals surface area contributed by atoms with Gasteiger partial charge in [-0.05, 0) is 47.8 Å². The molecule has 0 aliphatic rings. The molecule has 1 aromatic carbocycles. The lowest BCUT2D eigenvalue weighted by atomic mass is 10.0. The summed E-state index contributed by atoms with van der Waals surface area (Å²) < 4.78 is 0.174. The SMILES string of the molecule is Cc1cc(C)c(N(C=N)C(=N)Br)c(C)c1. The van der Waals surface area contributed by atoms with Crippen molar-refractivity contribution >= 4 is 32.7 Å². The van der Waals surface area contributed by atoms with Gasteiger partial charge in [0.2, 0.25) is 0 Å². The highest BCUT2D eigenvalue weighted by Gasteiger charge is 2.12. The molecule has 0 spiro atoms. The Hall–Kier alpha value is -1.16. The van der Waals surface area contributed by atoms with Crippen LogP contribution in [0.25, 0.3) is 0 Å². The summed E-state index contributed by atoms with van der Waals surface area (Å²) in [5.41, 5.74) is 4.23. The lowest BCUT2D eigenvalue weighted by molar-refractivity contribution is 1.26. The molecule has 4 heteroatoms. The Morgan fingerprint density at radius 2 is 1.73 bits per heavy atom. The van der Waals surface area contributed by atoms with E-state index in [1.165, 1.54) is 10.5 Å². The van der Waals surface area contributed by atoms with Gasteiger partial charge >= 0.3 is 0 Å². The molecule has 0 atom stereocenters. The van der Waals surface area contributed by atoms with Crippen molar-refractivity contribution in [2.45, 2.75) is 20.8 Å². The lowest BCUT2D eigenvalue weighted by Gasteiger charge is -2.21. The van der Waals surface area contributed by atoms with Crippen LogP contribution in [0, 0.1) is 31.6 Å². The number of hydrogen-bond donors (Lipinski definition) is 2. The molecule has 15 heavy (non-hydrogen) atoms. The topological polar surface area (TPSA) is 50.9 Å². The van der Waals surface area contributed by atoms with Crippen molar-refractivity contribution in [2.75, 3.05) is 4.90 Å². The number of hydrogen-bond acceptors (Lipinski definition) is 2. The Labute approximate surface area is 98.3 Å². The van der Waals surface area contributed by atoms with Crippen LogP contribution in [0.15, 0.2) is 12.1 Å². The second-order valence-corrected chi connectivity index (χ2v) is 4.29. The predicted octanol–water partition coefficient (Wildman–Crippen LogP) is 3.36. The van der Waals surface area contributed by atoms with E-state index < -0.39 is 0 Å². The van der Waals surface area contributed by atoms with E-state index in [2.05, 4.69) is 28.1 Å². The van der Waals surface area contributed by atoms with Crippen LogP contribution in [-0.4, -0.2) is 11.1 Å². The highest BCUT2D eigenvalue weighted by atomic mass is 79.9. The van der Waals surface area contributed by atoms with Crippen molar-refractivity contribution in [1.82, 2.24) is 0 Å². The zero-order valence-corrected chi connectivity index (χ0v) is 10.6. The quantitative estimate of drug-likeness (QED) is 0.482. The van der Waals surface area contributed by atoms with E-state index >= 15 is 0 Å². The molecule has 0 saturated carbocycles. The highest BCUT2D eigenvalue weighted by Crippen LogP contribution is 2.26. The third kappa shape index (κ3) is 2.45. The fourth-order valence-electron chi connectivity index (χ4n) is 1.77. The molecule has 0 aliphatic carbocycles. The Bertz CT molecular complexity index is 389. The molecular weight excluding hydrogens is 254 g/mol. The fraction of sp³-hybridized carbons (Fsp3) is 0.273. The number of nitrogens with zero attached hydrogens (tertiary/aromatic N) is 1. The number of nitrogens with one attached hydrogen (secondary N) is 2.